The molecule has 2 aromatic rings. The summed E-state index contributed by atoms with van der Waals surface area (Å²) in [4.78, 5) is 42.0. The van der Waals surface area contributed by atoms with E-state index >= 15 is 0 Å². The number of aromatic nitrogens is 1. The smallest absolute Gasteiger partial charge is 0.336 e. The molecule has 2 heterocycles. The Morgan fingerprint density at radius 3 is 1.97 bits per heavy atom. The van der Waals surface area contributed by atoms with E-state index in [4.69, 9.17) is 9.47 Å². The lowest BCUT2D eigenvalue weighted by Gasteiger charge is -2.30. The van der Waals surface area contributed by atoms with Crippen LogP contribution in [-0.2, 0) is 19.1 Å². The van der Waals surface area contributed by atoms with Gasteiger partial charge in [-0.15, -0.1) is 0 Å². The van der Waals surface area contributed by atoms with Crippen LogP contribution in [0.3, 0.4) is 0 Å². The number of dihydropyridines is 1. The van der Waals surface area contributed by atoms with Crippen molar-refractivity contribution in [1.29, 1.82) is 0 Å². The van der Waals surface area contributed by atoms with E-state index in [0.29, 0.717) is 17.0 Å². The van der Waals surface area contributed by atoms with Crippen LogP contribution in [0.5, 0.6) is 0 Å². The Balaban J connectivity index is 2.33. The van der Waals surface area contributed by atoms with E-state index in [1.54, 1.807) is 33.8 Å². The summed E-state index contributed by atoms with van der Waals surface area (Å²) in [6.45, 7) is 11.1. The lowest BCUT2D eigenvalue weighted by Crippen LogP contribution is -2.35. The van der Waals surface area contributed by atoms with Gasteiger partial charge in [-0.2, -0.15) is 0 Å². The summed E-state index contributed by atoms with van der Waals surface area (Å²) in [6, 6.07) is 5.71. The Morgan fingerprint density at radius 1 is 0.903 bits per heavy atom. The molecule has 0 fully saturated rings. The minimum absolute atomic E-state index is 0.173. The molecule has 1 aromatic heterocycles. The fourth-order valence-corrected chi connectivity index (χ4v) is 4.18. The number of allylic oxidation sites excluding steroid dienone is 2. The number of benzene rings is 1. The second-order valence-electron chi connectivity index (χ2n) is 7.68. The zero-order valence-corrected chi connectivity index (χ0v) is 18.8. The molecule has 0 bridgehead atoms. The maximum Gasteiger partial charge on any atom is 0.336 e. The van der Waals surface area contributed by atoms with Crippen molar-refractivity contribution in [2.45, 2.75) is 47.5 Å². The average Bonchev–Trinajstić information content (AvgIpc) is 2.67. The maximum atomic E-state index is 13.2. The van der Waals surface area contributed by atoms with Crippen LogP contribution < -0.4 is 10.9 Å². The molecule has 0 atom stereocenters. The Morgan fingerprint density at radius 2 is 1.45 bits per heavy atom. The zero-order valence-electron chi connectivity index (χ0n) is 18.8. The fraction of sp³-hybridized carbons (Fsp3) is 0.375. The number of H-pyrrole nitrogens is 1. The zero-order chi connectivity index (χ0) is 22.9. The number of rotatable bonds is 5. The normalized spacial score (nSPS) is 14.6. The van der Waals surface area contributed by atoms with E-state index in [2.05, 4.69) is 10.3 Å². The van der Waals surface area contributed by atoms with Crippen molar-refractivity contribution in [2.75, 3.05) is 13.2 Å². The first-order valence-electron chi connectivity index (χ1n) is 10.4. The number of fused-ring (bicyclic) bond motifs is 1. The van der Waals surface area contributed by atoms with Crippen molar-refractivity contribution in [1.82, 2.24) is 10.3 Å². The topological polar surface area (TPSA) is 97.5 Å². The highest BCUT2D eigenvalue weighted by Crippen LogP contribution is 2.38. The molecule has 164 valence electrons. The van der Waals surface area contributed by atoms with Gasteiger partial charge in [-0.1, -0.05) is 11.6 Å². The number of hydrogen-bond donors (Lipinski definition) is 2. The molecule has 0 saturated carbocycles. The predicted molar refractivity (Wildman–Crippen MR) is 119 cm³/mol. The van der Waals surface area contributed by atoms with Crippen LogP contribution >= 0.6 is 0 Å². The summed E-state index contributed by atoms with van der Waals surface area (Å²) in [5, 5.41) is 3.90. The van der Waals surface area contributed by atoms with Gasteiger partial charge in [0.2, 0.25) is 0 Å². The average molecular weight is 424 g/mol. The Bertz CT molecular complexity index is 1150. The van der Waals surface area contributed by atoms with Gasteiger partial charge >= 0.3 is 11.9 Å². The number of esters is 2. The number of pyridine rings is 1. The fourth-order valence-electron chi connectivity index (χ4n) is 4.18. The van der Waals surface area contributed by atoms with Crippen molar-refractivity contribution in [3.8, 4) is 0 Å². The van der Waals surface area contributed by atoms with Gasteiger partial charge in [-0.3, -0.25) is 4.79 Å². The molecule has 0 spiro atoms. The highest BCUT2D eigenvalue weighted by molar-refractivity contribution is 6.00. The third-order valence-electron chi connectivity index (χ3n) is 5.38. The Labute approximate surface area is 181 Å². The molecule has 1 aromatic carbocycles. The summed E-state index contributed by atoms with van der Waals surface area (Å²) >= 11 is 0. The first kappa shape index (κ1) is 22.3. The first-order valence-corrected chi connectivity index (χ1v) is 10.4. The van der Waals surface area contributed by atoms with E-state index in [1.165, 1.54) is 0 Å². The molecular weight excluding hydrogens is 396 g/mol. The van der Waals surface area contributed by atoms with Gasteiger partial charge in [0.15, 0.2) is 0 Å². The molecule has 7 heteroatoms. The van der Waals surface area contributed by atoms with Crippen LogP contribution in [0, 0.1) is 13.8 Å². The first-order chi connectivity index (χ1) is 14.7. The predicted octanol–water partition coefficient (Wildman–Crippen LogP) is 3.51. The monoisotopic (exact) mass is 424 g/mol. The van der Waals surface area contributed by atoms with Crippen molar-refractivity contribution in [3.63, 3.8) is 0 Å². The van der Waals surface area contributed by atoms with Gasteiger partial charge < -0.3 is 19.8 Å². The molecule has 1 aliphatic rings. The molecule has 0 saturated heterocycles. The third kappa shape index (κ3) is 4.13. The SMILES string of the molecule is CCOC(=O)C1=C(C)NC(C)=C(C(=O)OCC)C1c1cc2cc(C)cc(C)c2[nH]c1=O. The molecule has 3 rings (SSSR count). The summed E-state index contributed by atoms with van der Waals surface area (Å²) in [6.07, 6.45) is 0. The second-order valence-corrected chi connectivity index (χ2v) is 7.68. The standard InChI is InChI=1S/C24H28N2O5/c1-7-30-23(28)18-14(5)25-15(6)19(24(29)31-8-2)20(18)17-11-16-10-12(3)9-13(4)21(16)26-22(17)27/h9-11,20,25H,7-8H2,1-6H3,(H,26,27). The van der Waals surface area contributed by atoms with Crippen LogP contribution in [0.15, 0.2) is 45.5 Å². The van der Waals surface area contributed by atoms with E-state index in [9.17, 15) is 14.4 Å². The quantitative estimate of drug-likeness (QED) is 0.713. The molecule has 0 unspecified atom stereocenters. The molecule has 0 radical (unpaired) electrons. The lowest BCUT2D eigenvalue weighted by atomic mass is 9.80. The van der Waals surface area contributed by atoms with Crippen molar-refractivity contribution in [2.24, 2.45) is 0 Å². The summed E-state index contributed by atoms with van der Waals surface area (Å²) in [5.74, 6) is -2.06. The summed E-state index contributed by atoms with van der Waals surface area (Å²) in [7, 11) is 0. The number of carbonyl (C=O) groups is 2. The minimum Gasteiger partial charge on any atom is -0.463 e. The third-order valence-corrected chi connectivity index (χ3v) is 5.38. The van der Waals surface area contributed by atoms with Gasteiger partial charge in [0, 0.05) is 17.0 Å². The van der Waals surface area contributed by atoms with E-state index in [-0.39, 0.29) is 29.9 Å². The molecule has 1 aliphatic heterocycles. The lowest BCUT2D eigenvalue weighted by molar-refractivity contribution is -0.139. The van der Waals surface area contributed by atoms with Gasteiger partial charge in [0.1, 0.15) is 0 Å². The van der Waals surface area contributed by atoms with Crippen LogP contribution in [0.2, 0.25) is 0 Å². The summed E-state index contributed by atoms with van der Waals surface area (Å²) in [5.41, 5.74) is 4.17. The molecule has 2 N–H and O–H groups in total. The molecular formula is C24H28N2O5. The molecule has 7 nitrogen and oxygen atoms in total. The summed E-state index contributed by atoms with van der Waals surface area (Å²) < 4.78 is 10.5. The van der Waals surface area contributed by atoms with E-state index < -0.39 is 17.9 Å². The molecule has 0 amide bonds. The largest absolute Gasteiger partial charge is 0.463 e. The number of ether oxygens (including phenoxy) is 2. The Kier molecular flexibility index (Phi) is 6.34. The second kappa shape index (κ2) is 8.79. The molecule has 0 aliphatic carbocycles. The van der Waals surface area contributed by atoms with Crippen LogP contribution in [0.4, 0.5) is 0 Å². The minimum atomic E-state index is -0.909. The van der Waals surface area contributed by atoms with Crippen LogP contribution in [0.1, 0.15) is 50.3 Å². The number of aryl methyl sites for hydroxylation is 2. The van der Waals surface area contributed by atoms with Crippen molar-refractivity contribution >= 4 is 22.8 Å². The van der Waals surface area contributed by atoms with E-state index in [1.807, 2.05) is 26.0 Å². The van der Waals surface area contributed by atoms with Gasteiger partial charge in [-0.25, -0.2) is 9.59 Å². The number of hydrogen-bond acceptors (Lipinski definition) is 6. The van der Waals surface area contributed by atoms with Crippen molar-refractivity contribution < 1.29 is 19.1 Å². The highest BCUT2D eigenvalue weighted by atomic mass is 16.5. The molecule has 31 heavy (non-hydrogen) atoms. The maximum absolute atomic E-state index is 13.2. The number of aromatic amines is 1. The van der Waals surface area contributed by atoms with Gasteiger partial charge in [-0.05, 0) is 64.6 Å². The number of carbonyl (C=O) groups excluding carboxylic acids is 2. The van der Waals surface area contributed by atoms with Gasteiger partial charge in [0.05, 0.1) is 35.8 Å². The highest BCUT2D eigenvalue weighted by Gasteiger charge is 2.39. The van der Waals surface area contributed by atoms with E-state index in [0.717, 1.165) is 22.0 Å². The van der Waals surface area contributed by atoms with Crippen LogP contribution in [0.25, 0.3) is 10.9 Å². The number of nitrogens with one attached hydrogen (secondary N) is 2. The van der Waals surface area contributed by atoms with Crippen molar-refractivity contribution in [3.05, 3.63) is 67.8 Å². The van der Waals surface area contributed by atoms with Crippen LogP contribution in [-0.4, -0.2) is 30.1 Å². The Hall–Kier alpha value is -3.35. The van der Waals surface area contributed by atoms with Gasteiger partial charge in [0.25, 0.3) is 5.56 Å².